The zero-order chi connectivity index (χ0) is 17.1. The first kappa shape index (κ1) is 16.5. The van der Waals surface area contributed by atoms with E-state index in [-0.39, 0.29) is 0 Å². The smallest absolute Gasteiger partial charge is 0.191 e. The highest BCUT2D eigenvalue weighted by molar-refractivity contribution is 5.80. The molecular weight excluding hydrogens is 312 g/mol. The molecule has 2 saturated heterocycles. The van der Waals surface area contributed by atoms with Gasteiger partial charge in [-0.15, -0.1) is 0 Å². The second-order valence-corrected chi connectivity index (χ2v) is 7.04. The lowest BCUT2D eigenvalue weighted by molar-refractivity contribution is 0.0992. The largest absolute Gasteiger partial charge is 0.373 e. The fraction of sp³-hybridized carbons (Fsp3) is 0.550. The molecule has 1 aromatic heterocycles. The Hall–Kier alpha value is -2.01. The molecule has 0 spiro atoms. The van der Waals surface area contributed by atoms with Gasteiger partial charge >= 0.3 is 0 Å². The third-order valence-corrected chi connectivity index (χ3v) is 5.28. The molecule has 0 aliphatic carbocycles. The summed E-state index contributed by atoms with van der Waals surface area (Å²) in [6.07, 6.45) is 7.56. The van der Waals surface area contributed by atoms with Crippen molar-refractivity contribution >= 4 is 16.9 Å². The van der Waals surface area contributed by atoms with E-state index in [0.717, 1.165) is 38.4 Å². The van der Waals surface area contributed by atoms with E-state index in [9.17, 15) is 0 Å². The van der Waals surface area contributed by atoms with Crippen LogP contribution in [0.1, 0.15) is 32.6 Å². The van der Waals surface area contributed by atoms with Crippen LogP contribution in [0.2, 0.25) is 0 Å². The summed E-state index contributed by atoms with van der Waals surface area (Å²) in [6, 6.07) is 11.1. The van der Waals surface area contributed by atoms with Gasteiger partial charge in [0, 0.05) is 31.3 Å². The van der Waals surface area contributed by atoms with Crippen LogP contribution in [0.15, 0.2) is 41.5 Å². The molecule has 2 aliphatic rings. The Labute approximate surface area is 149 Å². The van der Waals surface area contributed by atoms with Crippen molar-refractivity contribution in [2.75, 3.05) is 13.1 Å². The minimum Gasteiger partial charge on any atom is -0.373 e. The molecule has 1 aromatic carbocycles. The second-order valence-electron chi connectivity index (χ2n) is 7.04. The lowest BCUT2D eigenvalue weighted by Crippen LogP contribution is -2.47. The monoisotopic (exact) mass is 340 g/mol. The van der Waals surface area contributed by atoms with Gasteiger partial charge in [0.05, 0.1) is 18.2 Å². The van der Waals surface area contributed by atoms with E-state index >= 15 is 0 Å². The summed E-state index contributed by atoms with van der Waals surface area (Å²) >= 11 is 0. The van der Waals surface area contributed by atoms with Crippen LogP contribution in [0.4, 0.5) is 0 Å². The fourth-order valence-electron chi connectivity index (χ4n) is 4.05. The first-order valence-corrected chi connectivity index (χ1v) is 9.57. The van der Waals surface area contributed by atoms with Gasteiger partial charge in [-0.2, -0.15) is 0 Å². The van der Waals surface area contributed by atoms with Gasteiger partial charge in [0.2, 0.25) is 0 Å². The van der Waals surface area contributed by atoms with Gasteiger partial charge in [0.1, 0.15) is 0 Å². The van der Waals surface area contributed by atoms with Crippen LogP contribution < -0.4 is 10.6 Å². The number of nitrogens with zero attached hydrogens (tertiary/aromatic N) is 2. The Morgan fingerprint density at radius 1 is 1.28 bits per heavy atom. The minimum absolute atomic E-state index is 0.375. The third-order valence-electron chi connectivity index (χ3n) is 5.28. The zero-order valence-electron chi connectivity index (χ0n) is 14.9. The molecule has 0 saturated carbocycles. The molecule has 4 rings (SSSR count). The number of nitrogens with one attached hydrogen (secondary N) is 2. The molecule has 2 fully saturated rings. The van der Waals surface area contributed by atoms with E-state index in [2.05, 4.69) is 58.7 Å². The number of aliphatic imine (C=N–C) groups is 1. The third kappa shape index (κ3) is 3.66. The highest BCUT2D eigenvalue weighted by Gasteiger charge is 2.41. The zero-order valence-corrected chi connectivity index (χ0v) is 14.9. The van der Waals surface area contributed by atoms with Crippen molar-refractivity contribution in [2.45, 2.75) is 57.4 Å². The van der Waals surface area contributed by atoms with Gasteiger partial charge in [0.15, 0.2) is 5.96 Å². The van der Waals surface area contributed by atoms with Crippen molar-refractivity contribution in [3.63, 3.8) is 0 Å². The maximum absolute atomic E-state index is 5.93. The summed E-state index contributed by atoms with van der Waals surface area (Å²) in [4.78, 5) is 4.77. The molecule has 134 valence electrons. The van der Waals surface area contributed by atoms with E-state index in [4.69, 9.17) is 9.73 Å². The van der Waals surface area contributed by atoms with Crippen LogP contribution in [-0.4, -0.2) is 41.9 Å². The summed E-state index contributed by atoms with van der Waals surface area (Å²) in [7, 11) is 0. The number of rotatable bonds is 6. The van der Waals surface area contributed by atoms with Gasteiger partial charge in [-0.3, -0.25) is 4.99 Å². The summed E-state index contributed by atoms with van der Waals surface area (Å²) < 4.78 is 8.25. The van der Waals surface area contributed by atoms with Gasteiger partial charge in [-0.25, -0.2) is 0 Å². The minimum atomic E-state index is 0.375. The van der Waals surface area contributed by atoms with Crippen molar-refractivity contribution in [1.29, 1.82) is 0 Å². The van der Waals surface area contributed by atoms with Crippen molar-refractivity contribution in [3.05, 3.63) is 36.5 Å². The normalized spacial score (nSPS) is 25.6. The predicted molar refractivity (Wildman–Crippen MR) is 102 cm³/mol. The maximum Gasteiger partial charge on any atom is 0.191 e. The van der Waals surface area contributed by atoms with Crippen LogP contribution in [0.25, 0.3) is 10.9 Å². The molecule has 2 aromatic rings. The Morgan fingerprint density at radius 2 is 2.20 bits per heavy atom. The Morgan fingerprint density at radius 3 is 3.00 bits per heavy atom. The number of para-hydroxylation sites is 1. The number of guanidine groups is 1. The first-order chi connectivity index (χ1) is 12.3. The number of benzene rings is 1. The molecule has 3 unspecified atom stereocenters. The molecule has 2 N–H and O–H groups in total. The van der Waals surface area contributed by atoms with E-state index in [1.54, 1.807) is 0 Å². The molecule has 2 bridgehead atoms. The number of aromatic nitrogens is 1. The van der Waals surface area contributed by atoms with Crippen LogP contribution in [0, 0.1) is 0 Å². The quantitative estimate of drug-likeness (QED) is 0.483. The van der Waals surface area contributed by atoms with Gasteiger partial charge < -0.3 is 19.9 Å². The van der Waals surface area contributed by atoms with E-state index in [0.29, 0.717) is 18.2 Å². The van der Waals surface area contributed by atoms with Crippen LogP contribution in [0.3, 0.4) is 0 Å². The SMILES string of the molecule is CCNC(=NCCCn1ccc2ccccc21)NC1CC2CCC1O2. The average Bonchev–Trinajstić information content (AvgIpc) is 3.34. The molecule has 3 heterocycles. The van der Waals surface area contributed by atoms with Gasteiger partial charge in [-0.1, -0.05) is 18.2 Å². The van der Waals surface area contributed by atoms with Crippen molar-refractivity contribution < 1.29 is 4.74 Å². The molecule has 0 amide bonds. The number of aryl methyl sites for hydroxylation is 1. The summed E-state index contributed by atoms with van der Waals surface area (Å²) in [5, 5.41) is 8.25. The molecule has 0 radical (unpaired) electrons. The molecule has 2 aliphatic heterocycles. The Kier molecular flexibility index (Phi) is 4.92. The summed E-state index contributed by atoms with van der Waals surface area (Å²) in [5.74, 6) is 0.931. The number of fused-ring (bicyclic) bond motifs is 3. The second kappa shape index (κ2) is 7.48. The van der Waals surface area contributed by atoms with Gasteiger partial charge in [-0.05, 0) is 50.1 Å². The van der Waals surface area contributed by atoms with Crippen molar-refractivity contribution in [3.8, 4) is 0 Å². The highest BCUT2D eigenvalue weighted by atomic mass is 16.5. The first-order valence-electron chi connectivity index (χ1n) is 9.57. The van der Waals surface area contributed by atoms with Crippen LogP contribution in [-0.2, 0) is 11.3 Å². The van der Waals surface area contributed by atoms with Crippen LogP contribution >= 0.6 is 0 Å². The number of hydrogen-bond acceptors (Lipinski definition) is 2. The van der Waals surface area contributed by atoms with E-state index in [1.807, 2.05) is 0 Å². The average molecular weight is 340 g/mol. The topological polar surface area (TPSA) is 50.6 Å². The molecule has 3 atom stereocenters. The molecular formula is C20H28N4O. The maximum atomic E-state index is 5.93. The van der Waals surface area contributed by atoms with Crippen molar-refractivity contribution in [2.24, 2.45) is 4.99 Å². The Balaban J connectivity index is 1.31. The fourth-order valence-corrected chi connectivity index (χ4v) is 4.05. The number of hydrogen-bond donors (Lipinski definition) is 2. The highest BCUT2D eigenvalue weighted by Crippen LogP contribution is 2.34. The Bertz CT molecular complexity index is 738. The van der Waals surface area contributed by atoms with E-state index in [1.165, 1.54) is 23.7 Å². The molecule has 5 heteroatoms. The standard InChI is InChI=1S/C20H28N4O/c1-2-21-20(23-17-14-16-8-9-19(17)25-16)22-11-5-12-24-13-10-15-6-3-4-7-18(15)24/h3-4,6-7,10,13,16-17,19H,2,5,8-9,11-12,14H2,1H3,(H2,21,22,23). The lowest BCUT2D eigenvalue weighted by Gasteiger charge is -2.22. The van der Waals surface area contributed by atoms with Gasteiger partial charge in [0.25, 0.3) is 0 Å². The number of ether oxygens (including phenoxy) is 1. The van der Waals surface area contributed by atoms with Crippen LogP contribution in [0.5, 0.6) is 0 Å². The summed E-state index contributed by atoms with van der Waals surface area (Å²) in [6.45, 7) is 4.81. The predicted octanol–water partition coefficient (Wildman–Crippen LogP) is 2.91. The molecule has 25 heavy (non-hydrogen) atoms. The lowest BCUT2D eigenvalue weighted by atomic mass is 9.96. The summed E-state index contributed by atoms with van der Waals surface area (Å²) in [5.41, 5.74) is 1.30. The van der Waals surface area contributed by atoms with E-state index < -0.39 is 0 Å². The molecule has 5 nitrogen and oxygen atoms in total. The van der Waals surface area contributed by atoms with Crippen molar-refractivity contribution in [1.82, 2.24) is 15.2 Å².